The van der Waals surface area contributed by atoms with E-state index in [9.17, 15) is 9.90 Å². The van der Waals surface area contributed by atoms with Crippen LogP contribution in [0.5, 0.6) is 5.75 Å². The van der Waals surface area contributed by atoms with Crippen LogP contribution in [0, 0.1) is 12.8 Å². The van der Waals surface area contributed by atoms with Gasteiger partial charge in [-0.05, 0) is 54.2 Å². The first kappa shape index (κ1) is 17.7. The maximum absolute atomic E-state index is 11.6. The highest BCUT2D eigenvalue weighted by molar-refractivity contribution is 8.00. The lowest BCUT2D eigenvalue weighted by molar-refractivity contribution is 0.0696. The Hall–Kier alpha value is -2.40. The Morgan fingerprint density at radius 2 is 2.11 bits per heavy atom. The van der Waals surface area contributed by atoms with Crippen molar-refractivity contribution in [3.05, 3.63) is 70.8 Å². The molecule has 1 saturated heterocycles. The quantitative estimate of drug-likeness (QED) is 0.715. The van der Waals surface area contributed by atoms with E-state index in [0.717, 1.165) is 34.9 Å². The average Bonchev–Trinajstić information content (AvgIpc) is 3.14. The number of allylic oxidation sites excluding steroid dienone is 2. The summed E-state index contributed by atoms with van der Waals surface area (Å²) in [5.41, 5.74) is 4.56. The third kappa shape index (κ3) is 2.89. The van der Waals surface area contributed by atoms with Crippen molar-refractivity contribution in [2.45, 2.75) is 31.4 Å². The summed E-state index contributed by atoms with van der Waals surface area (Å²) >= 11 is 1.91. The molecule has 0 saturated carbocycles. The van der Waals surface area contributed by atoms with E-state index in [-0.39, 0.29) is 6.04 Å². The maximum Gasteiger partial charge on any atom is 0.336 e. The minimum Gasteiger partial charge on any atom is -0.489 e. The molecule has 2 aromatic carbocycles. The number of benzene rings is 2. The van der Waals surface area contributed by atoms with Gasteiger partial charge >= 0.3 is 5.97 Å². The summed E-state index contributed by atoms with van der Waals surface area (Å²) < 4.78 is 6.09. The van der Waals surface area contributed by atoms with Gasteiger partial charge < -0.3 is 15.2 Å². The van der Waals surface area contributed by atoms with Crippen LogP contribution in [-0.4, -0.2) is 28.7 Å². The molecule has 1 fully saturated rings. The zero-order valence-electron chi connectivity index (χ0n) is 15.7. The third-order valence-corrected chi connectivity index (χ3v) is 7.37. The van der Waals surface area contributed by atoms with Crippen molar-refractivity contribution in [2.24, 2.45) is 5.92 Å². The Morgan fingerprint density at radius 3 is 2.86 bits per heavy atom. The molecule has 5 heteroatoms. The molecule has 3 atom stereocenters. The van der Waals surface area contributed by atoms with E-state index in [1.165, 1.54) is 11.1 Å². The van der Waals surface area contributed by atoms with Gasteiger partial charge in [0.05, 0.1) is 11.6 Å². The lowest BCUT2D eigenvalue weighted by Crippen LogP contribution is -2.31. The highest BCUT2D eigenvalue weighted by Crippen LogP contribution is 2.51. The predicted molar refractivity (Wildman–Crippen MR) is 113 cm³/mol. The van der Waals surface area contributed by atoms with Gasteiger partial charge in [-0.25, -0.2) is 4.79 Å². The highest BCUT2D eigenvalue weighted by atomic mass is 32.2. The first-order valence-corrected chi connectivity index (χ1v) is 10.9. The Kier molecular flexibility index (Phi) is 4.35. The summed E-state index contributed by atoms with van der Waals surface area (Å²) in [6.07, 6.45) is 5.88. The Labute approximate surface area is 169 Å². The van der Waals surface area contributed by atoms with Crippen molar-refractivity contribution in [3.8, 4) is 5.75 Å². The molecular weight excluding hydrogens is 370 g/mol. The Bertz CT molecular complexity index is 966. The first-order valence-electron chi connectivity index (χ1n) is 9.76. The fourth-order valence-corrected chi connectivity index (χ4v) is 5.20. The van der Waals surface area contributed by atoms with E-state index in [0.29, 0.717) is 23.5 Å². The van der Waals surface area contributed by atoms with Crippen molar-refractivity contribution in [1.82, 2.24) is 0 Å². The molecule has 0 bridgehead atoms. The number of nitrogens with one attached hydrogen (secondary N) is 1. The number of hydrogen-bond acceptors (Lipinski definition) is 4. The van der Waals surface area contributed by atoms with Crippen LogP contribution >= 0.6 is 11.8 Å². The lowest BCUT2D eigenvalue weighted by atomic mass is 9.76. The molecule has 144 valence electrons. The van der Waals surface area contributed by atoms with Crippen LogP contribution < -0.4 is 10.1 Å². The van der Waals surface area contributed by atoms with Crippen LogP contribution in [-0.2, 0) is 0 Å². The molecule has 5 rings (SSSR count). The van der Waals surface area contributed by atoms with Crippen LogP contribution in [0.25, 0.3) is 0 Å². The zero-order valence-corrected chi connectivity index (χ0v) is 16.5. The minimum atomic E-state index is -0.878. The molecule has 0 aromatic heterocycles. The molecule has 2 aliphatic heterocycles. The van der Waals surface area contributed by atoms with Gasteiger partial charge in [0.15, 0.2) is 0 Å². The summed E-state index contributed by atoms with van der Waals surface area (Å²) in [7, 11) is 0. The molecule has 2 heterocycles. The smallest absolute Gasteiger partial charge is 0.336 e. The van der Waals surface area contributed by atoms with Gasteiger partial charge in [-0.3, -0.25) is 0 Å². The van der Waals surface area contributed by atoms with Crippen LogP contribution in [0.15, 0.2) is 48.6 Å². The summed E-state index contributed by atoms with van der Waals surface area (Å²) in [5.74, 6) is 2.91. The van der Waals surface area contributed by atoms with E-state index in [1.54, 1.807) is 6.07 Å². The standard InChI is InChI=1S/C23H23NO3S/c1-13-17(23(25)26)8-9-20-18-6-3-7-19(18)22(24-21(13)20)14-4-2-5-15(10-14)27-16-11-28-12-16/h2-6,8-10,16,18-19,22,24H,7,11-12H2,1H3,(H,25,26)/t18-,19+,22+/m1/s1. The van der Waals surface area contributed by atoms with Crippen LogP contribution in [0.3, 0.4) is 0 Å². The van der Waals surface area contributed by atoms with Gasteiger partial charge in [0.25, 0.3) is 0 Å². The second kappa shape index (κ2) is 6.89. The number of hydrogen-bond donors (Lipinski definition) is 2. The van der Waals surface area contributed by atoms with E-state index in [2.05, 4.69) is 35.7 Å². The summed E-state index contributed by atoms with van der Waals surface area (Å²) in [6.45, 7) is 1.90. The van der Waals surface area contributed by atoms with Crippen molar-refractivity contribution in [1.29, 1.82) is 0 Å². The molecule has 0 spiro atoms. The molecule has 28 heavy (non-hydrogen) atoms. The second-order valence-corrected chi connectivity index (χ2v) is 8.91. The number of anilines is 1. The zero-order chi connectivity index (χ0) is 19.3. The average molecular weight is 394 g/mol. The monoisotopic (exact) mass is 393 g/mol. The molecule has 2 N–H and O–H groups in total. The van der Waals surface area contributed by atoms with Crippen LogP contribution in [0.4, 0.5) is 5.69 Å². The molecule has 0 radical (unpaired) electrons. The van der Waals surface area contributed by atoms with Crippen molar-refractivity contribution in [3.63, 3.8) is 0 Å². The predicted octanol–water partition coefficient (Wildman–Crippen LogP) is 5.01. The van der Waals surface area contributed by atoms with Crippen molar-refractivity contribution < 1.29 is 14.6 Å². The number of carboxylic acids is 1. The third-order valence-electron chi connectivity index (χ3n) is 6.16. The van der Waals surface area contributed by atoms with E-state index in [4.69, 9.17) is 4.74 Å². The van der Waals surface area contributed by atoms with Crippen molar-refractivity contribution in [2.75, 3.05) is 16.8 Å². The lowest BCUT2D eigenvalue weighted by Gasteiger charge is -2.38. The summed E-state index contributed by atoms with van der Waals surface area (Å²) in [4.78, 5) is 11.6. The molecule has 4 nitrogen and oxygen atoms in total. The molecule has 2 aromatic rings. The molecule has 3 aliphatic rings. The SMILES string of the molecule is Cc1c(C(=O)O)ccc2c1N[C@@H](c1cccc(OC3CSC3)c1)[C@H]1CC=C[C@@H]21. The Morgan fingerprint density at radius 1 is 1.25 bits per heavy atom. The van der Waals surface area contributed by atoms with E-state index < -0.39 is 5.97 Å². The normalized spacial score (nSPS) is 25.4. The highest BCUT2D eigenvalue weighted by Gasteiger charge is 2.39. The van der Waals surface area contributed by atoms with Gasteiger partial charge in [0, 0.05) is 23.1 Å². The largest absolute Gasteiger partial charge is 0.489 e. The van der Waals surface area contributed by atoms with Gasteiger partial charge in [0.1, 0.15) is 11.9 Å². The number of aromatic carboxylic acids is 1. The van der Waals surface area contributed by atoms with Crippen LogP contribution in [0.2, 0.25) is 0 Å². The molecule has 0 unspecified atom stereocenters. The number of ether oxygens (including phenoxy) is 1. The molecule has 1 aliphatic carbocycles. The Balaban J connectivity index is 1.52. The topological polar surface area (TPSA) is 58.6 Å². The van der Waals surface area contributed by atoms with Gasteiger partial charge in [-0.1, -0.05) is 30.4 Å². The van der Waals surface area contributed by atoms with E-state index >= 15 is 0 Å². The fourth-order valence-electron chi connectivity index (χ4n) is 4.63. The fraction of sp³-hybridized carbons (Fsp3) is 0.348. The maximum atomic E-state index is 11.6. The molecule has 0 amide bonds. The second-order valence-electron chi connectivity index (χ2n) is 7.83. The van der Waals surface area contributed by atoms with Crippen LogP contribution in [0.1, 0.15) is 45.4 Å². The van der Waals surface area contributed by atoms with Gasteiger partial charge in [-0.2, -0.15) is 11.8 Å². The van der Waals surface area contributed by atoms with Gasteiger partial charge in [0.2, 0.25) is 0 Å². The van der Waals surface area contributed by atoms with E-state index in [1.807, 2.05) is 30.8 Å². The summed E-state index contributed by atoms with van der Waals surface area (Å²) in [5, 5.41) is 13.2. The summed E-state index contributed by atoms with van der Waals surface area (Å²) in [6, 6.07) is 12.2. The number of carboxylic acid groups (broad SMARTS) is 1. The number of fused-ring (bicyclic) bond motifs is 3. The first-order chi connectivity index (χ1) is 13.6. The van der Waals surface area contributed by atoms with Gasteiger partial charge in [-0.15, -0.1) is 0 Å². The van der Waals surface area contributed by atoms with Crippen molar-refractivity contribution >= 4 is 23.4 Å². The number of rotatable bonds is 4. The number of thioether (sulfide) groups is 1. The molecular formula is C23H23NO3S. The minimum absolute atomic E-state index is 0.134. The number of carbonyl (C=O) groups is 1.